The van der Waals surface area contributed by atoms with E-state index in [9.17, 15) is 13.2 Å². The first-order valence-corrected chi connectivity index (χ1v) is 6.01. The number of hydrogen-bond donors (Lipinski definition) is 0. The molecule has 108 valence electrons. The highest BCUT2D eigenvalue weighted by Gasteiger charge is 2.32. The van der Waals surface area contributed by atoms with E-state index in [1.165, 1.54) is 6.07 Å². The van der Waals surface area contributed by atoms with Crippen molar-refractivity contribution in [3.8, 4) is 5.82 Å². The molecule has 2 aromatic rings. The third-order valence-electron chi connectivity index (χ3n) is 2.31. The third-order valence-corrected chi connectivity index (χ3v) is 2.50. The van der Waals surface area contributed by atoms with Gasteiger partial charge in [-0.2, -0.15) is 18.3 Å². The van der Waals surface area contributed by atoms with E-state index in [4.69, 9.17) is 16.3 Å². The van der Waals surface area contributed by atoms with Crippen molar-refractivity contribution in [2.75, 3.05) is 6.61 Å². The molecular weight excluding hydrogens is 297 g/mol. The van der Waals surface area contributed by atoms with Crippen molar-refractivity contribution >= 4 is 11.6 Å². The maximum atomic E-state index is 12.5. The fourth-order valence-corrected chi connectivity index (χ4v) is 1.62. The van der Waals surface area contributed by atoms with E-state index in [1.807, 2.05) is 0 Å². The molecule has 0 saturated heterocycles. The molecule has 5 nitrogen and oxygen atoms in total. The minimum atomic E-state index is -4.46. The maximum absolute atomic E-state index is 12.5. The van der Waals surface area contributed by atoms with Gasteiger partial charge in [0.1, 0.15) is 11.8 Å². The van der Waals surface area contributed by atoms with E-state index in [1.54, 1.807) is 6.92 Å². The predicted octanol–water partition coefficient (Wildman–Crippen LogP) is 2.87. The molecule has 0 atom stereocenters. The van der Waals surface area contributed by atoms with E-state index in [2.05, 4.69) is 15.1 Å². The Balaban J connectivity index is 2.32. The van der Waals surface area contributed by atoms with Crippen molar-refractivity contribution in [2.24, 2.45) is 0 Å². The molecule has 2 aromatic heterocycles. The third kappa shape index (κ3) is 3.45. The smallest absolute Gasteiger partial charge is 0.374 e. The van der Waals surface area contributed by atoms with E-state index in [0.717, 1.165) is 17.1 Å². The average Bonchev–Trinajstić information content (AvgIpc) is 2.85. The lowest BCUT2D eigenvalue weighted by atomic mass is 10.4. The molecule has 0 spiro atoms. The van der Waals surface area contributed by atoms with Gasteiger partial charge in [0.05, 0.1) is 11.8 Å². The SMILES string of the molecule is CCOCc1nc(Cl)cc(-n2cc(C(F)(F)F)cn2)n1. The Bertz CT molecular complexity index is 600. The van der Waals surface area contributed by atoms with Gasteiger partial charge in [-0.3, -0.25) is 0 Å². The van der Waals surface area contributed by atoms with Gasteiger partial charge >= 0.3 is 6.18 Å². The summed E-state index contributed by atoms with van der Waals surface area (Å²) in [5.74, 6) is 0.425. The molecular formula is C11H10ClF3N4O. The van der Waals surface area contributed by atoms with Gasteiger partial charge in [0.25, 0.3) is 0 Å². The molecule has 0 fully saturated rings. The fraction of sp³-hybridized carbons (Fsp3) is 0.364. The molecule has 0 aromatic carbocycles. The number of aromatic nitrogens is 4. The van der Waals surface area contributed by atoms with Crippen molar-refractivity contribution in [3.63, 3.8) is 0 Å². The molecule has 0 saturated carbocycles. The number of alkyl halides is 3. The van der Waals surface area contributed by atoms with Crippen LogP contribution in [0.15, 0.2) is 18.5 Å². The number of halogens is 4. The molecule has 20 heavy (non-hydrogen) atoms. The van der Waals surface area contributed by atoms with Gasteiger partial charge in [-0.15, -0.1) is 0 Å². The first kappa shape index (κ1) is 14.7. The summed E-state index contributed by atoms with van der Waals surface area (Å²) in [6.07, 6.45) is -2.90. The maximum Gasteiger partial charge on any atom is 0.419 e. The second kappa shape index (κ2) is 5.76. The zero-order valence-electron chi connectivity index (χ0n) is 10.4. The van der Waals surface area contributed by atoms with Crippen LogP contribution in [0.2, 0.25) is 5.15 Å². The Morgan fingerprint density at radius 2 is 2.10 bits per heavy atom. The zero-order valence-corrected chi connectivity index (χ0v) is 11.1. The molecule has 0 aliphatic heterocycles. The fourth-order valence-electron chi connectivity index (χ4n) is 1.42. The summed E-state index contributed by atoms with van der Waals surface area (Å²) >= 11 is 5.81. The Labute approximate surface area is 117 Å². The Hall–Kier alpha value is -1.67. The number of rotatable bonds is 4. The standard InChI is InChI=1S/C11H10ClF3N4O/c1-2-20-6-9-17-8(12)3-10(18-9)19-5-7(4-16-19)11(13,14)15/h3-5H,2,6H2,1H3. The average molecular weight is 307 g/mol. The van der Waals surface area contributed by atoms with Gasteiger partial charge < -0.3 is 4.74 Å². The van der Waals surface area contributed by atoms with Crippen molar-refractivity contribution in [1.29, 1.82) is 0 Å². The minimum Gasteiger partial charge on any atom is -0.374 e. The van der Waals surface area contributed by atoms with Crippen LogP contribution in [0.5, 0.6) is 0 Å². The monoisotopic (exact) mass is 306 g/mol. The highest BCUT2D eigenvalue weighted by Crippen LogP contribution is 2.29. The van der Waals surface area contributed by atoms with Crippen LogP contribution in [0.3, 0.4) is 0 Å². The summed E-state index contributed by atoms with van der Waals surface area (Å²) in [5, 5.41) is 3.73. The van der Waals surface area contributed by atoms with Gasteiger partial charge in [0.2, 0.25) is 0 Å². The number of hydrogen-bond acceptors (Lipinski definition) is 4. The summed E-state index contributed by atoms with van der Waals surface area (Å²) in [4.78, 5) is 7.97. The summed E-state index contributed by atoms with van der Waals surface area (Å²) in [6, 6.07) is 1.32. The van der Waals surface area contributed by atoms with Crippen LogP contribution in [0.1, 0.15) is 18.3 Å². The molecule has 0 aliphatic carbocycles. The van der Waals surface area contributed by atoms with Crippen molar-refractivity contribution in [1.82, 2.24) is 19.7 Å². The number of ether oxygens (including phenoxy) is 1. The molecule has 2 heterocycles. The lowest BCUT2D eigenvalue weighted by molar-refractivity contribution is -0.137. The highest BCUT2D eigenvalue weighted by atomic mass is 35.5. The van der Waals surface area contributed by atoms with Crippen LogP contribution >= 0.6 is 11.6 Å². The van der Waals surface area contributed by atoms with Crippen LogP contribution in [-0.2, 0) is 17.5 Å². The summed E-state index contributed by atoms with van der Waals surface area (Å²) in [7, 11) is 0. The molecule has 0 radical (unpaired) electrons. The highest BCUT2D eigenvalue weighted by molar-refractivity contribution is 6.29. The number of nitrogens with zero attached hydrogens (tertiary/aromatic N) is 4. The second-order valence-electron chi connectivity index (χ2n) is 3.77. The van der Waals surface area contributed by atoms with Gasteiger partial charge in [-0.25, -0.2) is 14.6 Å². The molecule has 0 amide bonds. The zero-order chi connectivity index (χ0) is 14.8. The predicted molar refractivity (Wildman–Crippen MR) is 64.5 cm³/mol. The first-order chi connectivity index (χ1) is 9.40. The minimum absolute atomic E-state index is 0.105. The summed E-state index contributed by atoms with van der Waals surface area (Å²) < 4.78 is 43.7. The Morgan fingerprint density at radius 1 is 1.35 bits per heavy atom. The van der Waals surface area contributed by atoms with E-state index in [0.29, 0.717) is 6.61 Å². The van der Waals surface area contributed by atoms with Crippen molar-refractivity contribution in [2.45, 2.75) is 19.7 Å². The van der Waals surface area contributed by atoms with Crippen LogP contribution in [-0.4, -0.2) is 26.4 Å². The molecule has 0 unspecified atom stereocenters. The lowest BCUT2D eigenvalue weighted by Gasteiger charge is -2.05. The van der Waals surface area contributed by atoms with Crippen LogP contribution in [0, 0.1) is 0 Å². The van der Waals surface area contributed by atoms with Gasteiger partial charge in [0, 0.05) is 18.9 Å². The van der Waals surface area contributed by atoms with E-state index >= 15 is 0 Å². The Morgan fingerprint density at radius 3 is 2.70 bits per heavy atom. The first-order valence-electron chi connectivity index (χ1n) is 5.63. The van der Waals surface area contributed by atoms with Crippen LogP contribution < -0.4 is 0 Å². The van der Waals surface area contributed by atoms with Gasteiger partial charge in [0.15, 0.2) is 11.6 Å². The van der Waals surface area contributed by atoms with E-state index in [-0.39, 0.29) is 23.4 Å². The Kier molecular flexibility index (Phi) is 4.24. The molecule has 9 heteroatoms. The van der Waals surface area contributed by atoms with Crippen molar-refractivity contribution in [3.05, 3.63) is 35.0 Å². The molecule has 2 rings (SSSR count). The van der Waals surface area contributed by atoms with E-state index < -0.39 is 11.7 Å². The molecule has 0 bridgehead atoms. The largest absolute Gasteiger partial charge is 0.419 e. The van der Waals surface area contributed by atoms with Gasteiger partial charge in [-0.05, 0) is 6.92 Å². The normalized spacial score (nSPS) is 11.8. The molecule has 0 aliphatic rings. The lowest BCUT2D eigenvalue weighted by Crippen LogP contribution is -2.06. The summed E-state index contributed by atoms with van der Waals surface area (Å²) in [6.45, 7) is 2.39. The molecule has 0 N–H and O–H groups in total. The summed E-state index contributed by atoms with van der Waals surface area (Å²) in [5.41, 5.74) is -0.862. The quantitative estimate of drug-likeness (QED) is 0.815. The second-order valence-corrected chi connectivity index (χ2v) is 4.16. The van der Waals surface area contributed by atoms with Crippen LogP contribution in [0.25, 0.3) is 5.82 Å². The van der Waals surface area contributed by atoms with Crippen molar-refractivity contribution < 1.29 is 17.9 Å². The van der Waals surface area contributed by atoms with Gasteiger partial charge in [-0.1, -0.05) is 11.6 Å². The topological polar surface area (TPSA) is 52.8 Å². The van der Waals surface area contributed by atoms with Crippen LogP contribution in [0.4, 0.5) is 13.2 Å².